The van der Waals surface area contributed by atoms with E-state index < -0.39 is 5.41 Å². The van der Waals surface area contributed by atoms with Crippen LogP contribution in [0, 0.1) is 23.7 Å². The number of amides is 1. The summed E-state index contributed by atoms with van der Waals surface area (Å²) in [5.74, 6) is 1.36. The van der Waals surface area contributed by atoms with Gasteiger partial charge in [-0.3, -0.25) is 9.78 Å². The van der Waals surface area contributed by atoms with Crippen molar-refractivity contribution < 1.29 is 4.79 Å². The average Bonchev–Trinajstić information content (AvgIpc) is 3.00. The van der Waals surface area contributed by atoms with E-state index >= 15 is 0 Å². The first-order valence-electron chi connectivity index (χ1n) is 9.70. The van der Waals surface area contributed by atoms with Crippen LogP contribution in [-0.2, 0) is 11.8 Å². The number of likely N-dealkylation sites (tertiary alicyclic amines) is 1. The first-order chi connectivity index (χ1) is 13.0. The van der Waals surface area contributed by atoms with Gasteiger partial charge in [-0.05, 0) is 51.2 Å². The summed E-state index contributed by atoms with van der Waals surface area (Å²) in [5, 5.41) is 9.42. The van der Waals surface area contributed by atoms with Gasteiger partial charge in [0.25, 0.3) is 0 Å². The van der Waals surface area contributed by atoms with Gasteiger partial charge in [0.05, 0.1) is 23.7 Å². The number of rotatable bonds is 3. The molecule has 2 aromatic heterocycles. The second-order valence-corrected chi connectivity index (χ2v) is 7.81. The van der Waals surface area contributed by atoms with Crippen LogP contribution in [0.2, 0.25) is 0 Å². The molecule has 3 heterocycles. The molecular formula is C21H25N5O. The number of hydrogen-bond acceptors (Lipinski definition) is 4. The number of piperidine rings is 1. The SMILES string of the molecule is Cc1ncc(-c2cccc(C3CCN(C(=O)C4(C#N)CCC4)CC3)n2)n1C. The molecule has 0 bridgehead atoms. The molecule has 27 heavy (non-hydrogen) atoms. The molecular weight excluding hydrogens is 338 g/mol. The van der Waals surface area contributed by atoms with Crippen molar-refractivity contribution in [1.82, 2.24) is 19.4 Å². The summed E-state index contributed by atoms with van der Waals surface area (Å²) in [4.78, 5) is 23.9. The lowest BCUT2D eigenvalue weighted by molar-refractivity contribution is -0.144. The Morgan fingerprint density at radius 2 is 2.04 bits per heavy atom. The molecule has 1 aliphatic heterocycles. The summed E-state index contributed by atoms with van der Waals surface area (Å²) >= 11 is 0. The Balaban J connectivity index is 1.46. The first-order valence-corrected chi connectivity index (χ1v) is 9.70. The van der Waals surface area contributed by atoms with Gasteiger partial charge < -0.3 is 9.47 Å². The zero-order valence-corrected chi connectivity index (χ0v) is 16.0. The molecule has 0 spiro atoms. The van der Waals surface area contributed by atoms with Crippen LogP contribution in [-0.4, -0.2) is 38.4 Å². The average molecular weight is 363 g/mol. The summed E-state index contributed by atoms with van der Waals surface area (Å²) in [7, 11) is 2.00. The second kappa shape index (κ2) is 6.80. The highest BCUT2D eigenvalue weighted by Crippen LogP contribution is 2.42. The third-order valence-corrected chi connectivity index (χ3v) is 6.28. The molecule has 6 nitrogen and oxygen atoms in total. The molecule has 140 valence electrons. The molecule has 1 saturated carbocycles. The van der Waals surface area contributed by atoms with Crippen LogP contribution in [0.15, 0.2) is 24.4 Å². The highest BCUT2D eigenvalue weighted by atomic mass is 16.2. The fourth-order valence-electron chi connectivity index (χ4n) is 4.15. The van der Waals surface area contributed by atoms with E-state index in [0.29, 0.717) is 19.0 Å². The molecule has 1 amide bonds. The lowest BCUT2D eigenvalue weighted by Crippen LogP contribution is -2.49. The van der Waals surface area contributed by atoms with Crippen LogP contribution in [0.3, 0.4) is 0 Å². The van der Waals surface area contributed by atoms with Crippen molar-refractivity contribution in [3.05, 3.63) is 35.9 Å². The van der Waals surface area contributed by atoms with Crippen molar-refractivity contribution in [2.75, 3.05) is 13.1 Å². The number of aryl methyl sites for hydroxylation is 1. The predicted molar refractivity (Wildman–Crippen MR) is 102 cm³/mol. The van der Waals surface area contributed by atoms with Gasteiger partial charge in [0.1, 0.15) is 11.2 Å². The number of aromatic nitrogens is 3. The highest BCUT2D eigenvalue weighted by Gasteiger charge is 2.47. The van der Waals surface area contributed by atoms with Crippen LogP contribution >= 0.6 is 0 Å². The molecule has 2 aromatic rings. The van der Waals surface area contributed by atoms with Crippen LogP contribution in [0.4, 0.5) is 0 Å². The number of carbonyl (C=O) groups excluding carboxylic acids is 1. The number of carbonyl (C=O) groups is 1. The normalized spacial score (nSPS) is 19.4. The molecule has 0 radical (unpaired) electrons. The van der Waals surface area contributed by atoms with E-state index in [1.807, 2.05) is 35.7 Å². The molecule has 0 aromatic carbocycles. The standard InChI is InChI=1S/C21H25N5O/c1-15-23-13-19(25(15)2)18-6-3-5-17(24-18)16-7-11-26(12-8-16)20(27)21(14-22)9-4-10-21/h3,5-6,13,16H,4,7-12H2,1-2H3. The number of nitriles is 1. The molecule has 4 rings (SSSR count). The molecule has 6 heteroatoms. The fraction of sp³-hybridized carbons (Fsp3) is 0.524. The highest BCUT2D eigenvalue weighted by molar-refractivity contribution is 5.86. The Labute approximate surface area is 159 Å². The van der Waals surface area contributed by atoms with Gasteiger partial charge in [-0.15, -0.1) is 0 Å². The molecule has 2 fully saturated rings. The van der Waals surface area contributed by atoms with E-state index in [4.69, 9.17) is 4.98 Å². The number of pyridine rings is 1. The van der Waals surface area contributed by atoms with E-state index in [1.54, 1.807) is 0 Å². The molecule has 1 saturated heterocycles. The Hall–Kier alpha value is -2.68. The molecule has 0 unspecified atom stereocenters. The Morgan fingerprint density at radius 1 is 1.30 bits per heavy atom. The van der Waals surface area contributed by atoms with Gasteiger partial charge >= 0.3 is 0 Å². The summed E-state index contributed by atoms with van der Waals surface area (Å²) in [5.41, 5.74) is 2.30. The van der Waals surface area contributed by atoms with Gasteiger partial charge in [-0.2, -0.15) is 5.26 Å². The zero-order chi connectivity index (χ0) is 19.0. The van der Waals surface area contributed by atoms with Gasteiger partial charge in [0, 0.05) is 31.7 Å². The van der Waals surface area contributed by atoms with Crippen molar-refractivity contribution >= 4 is 5.91 Å². The van der Waals surface area contributed by atoms with Gasteiger partial charge in [-0.25, -0.2) is 4.98 Å². The van der Waals surface area contributed by atoms with Gasteiger partial charge in [-0.1, -0.05) is 6.07 Å². The van der Waals surface area contributed by atoms with E-state index in [2.05, 4.69) is 23.2 Å². The van der Waals surface area contributed by atoms with Crippen molar-refractivity contribution in [2.24, 2.45) is 12.5 Å². The predicted octanol–water partition coefficient (Wildman–Crippen LogP) is 3.19. The fourth-order valence-corrected chi connectivity index (χ4v) is 4.15. The van der Waals surface area contributed by atoms with Gasteiger partial charge in [0.2, 0.25) is 5.91 Å². The summed E-state index contributed by atoms with van der Waals surface area (Å²) < 4.78 is 2.05. The van der Waals surface area contributed by atoms with Crippen LogP contribution in [0.25, 0.3) is 11.4 Å². The summed E-state index contributed by atoms with van der Waals surface area (Å²) in [6.45, 7) is 3.41. The Bertz CT molecular complexity index is 898. The first kappa shape index (κ1) is 17.7. The maximum absolute atomic E-state index is 12.7. The zero-order valence-electron chi connectivity index (χ0n) is 16.0. The van der Waals surface area contributed by atoms with Crippen LogP contribution in [0.1, 0.15) is 49.5 Å². The molecule has 0 N–H and O–H groups in total. The van der Waals surface area contributed by atoms with Crippen LogP contribution in [0.5, 0.6) is 0 Å². The van der Waals surface area contributed by atoms with Crippen LogP contribution < -0.4 is 0 Å². The minimum absolute atomic E-state index is 0.0433. The topological polar surface area (TPSA) is 74.8 Å². The van der Waals surface area contributed by atoms with E-state index in [9.17, 15) is 10.1 Å². The van der Waals surface area contributed by atoms with E-state index in [0.717, 1.165) is 55.0 Å². The van der Waals surface area contributed by atoms with Crippen molar-refractivity contribution in [3.8, 4) is 17.5 Å². The number of hydrogen-bond donors (Lipinski definition) is 0. The Kier molecular flexibility index (Phi) is 4.47. The lowest BCUT2D eigenvalue weighted by Gasteiger charge is -2.40. The maximum atomic E-state index is 12.7. The van der Waals surface area contributed by atoms with Gasteiger partial charge in [0.15, 0.2) is 0 Å². The number of imidazole rings is 1. The maximum Gasteiger partial charge on any atom is 0.243 e. The minimum Gasteiger partial charge on any atom is -0.341 e. The third-order valence-electron chi connectivity index (χ3n) is 6.28. The molecule has 1 aliphatic carbocycles. The summed E-state index contributed by atoms with van der Waals surface area (Å²) in [6, 6.07) is 8.43. The molecule has 0 atom stereocenters. The third kappa shape index (κ3) is 3.01. The Morgan fingerprint density at radius 3 is 2.59 bits per heavy atom. The van der Waals surface area contributed by atoms with Crippen molar-refractivity contribution in [2.45, 2.75) is 44.9 Å². The van der Waals surface area contributed by atoms with Crippen molar-refractivity contribution in [1.29, 1.82) is 5.26 Å². The lowest BCUT2D eigenvalue weighted by atomic mass is 9.68. The number of nitrogens with zero attached hydrogens (tertiary/aromatic N) is 5. The summed E-state index contributed by atoms with van der Waals surface area (Å²) in [6.07, 6.45) is 6.08. The second-order valence-electron chi connectivity index (χ2n) is 7.81. The van der Waals surface area contributed by atoms with E-state index in [-0.39, 0.29) is 5.91 Å². The monoisotopic (exact) mass is 363 g/mol. The minimum atomic E-state index is -0.734. The smallest absolute Gasteiger partial charge is 0.243 e. The largest absolute Gasteiger partial charge is 0.341 e. The molecule has 2 aliphatic rings. The van der Waals surface area contributed by atoms with E-state index in [1.165, 1.54) is 0 Å². The quantitative estimate of drug-likeness (QED) is 0.839. The van der Waals surface area contributed by atoms with Crippen molar-refractivity contribution in [3.63, 3.8) is 0 Å².